The highest BCUT2D eigenvalue weighted by Gasteiger charge is 2.18. The van der Waals surface area contributed by atoms with E-state index in [4.69, 9.17) is 10.5 Å². The number of morpholine rings is 1. The highest BCUT2D eigenvalue weighted by Crippen LogP contribution is 2.25. The van der Waals surface area contributed by atoms with Crippen molar-refractivity contribution in [3.05, 3.63) is 36.2 Å². The van der Waals surface area contributed by atoms with Crippen LogP contribution in [0.1, 0.15) is 29.8 Å². The molecule has 0 aliphatic carbocycles. The number of primary amides is 1. The summed E-state index contributed by atoms with van der Waals surface area (Å²) < 4.78 is 5.40. The molecular formula is C20H26N6O2. The number of piperidine rings is 1. The normalized spacial score (nSPS) is 17.4. The maximum Gasteiger partial charge on any atom is 0.271 e. The molecule has 8 nitrogen and oxygen atoms in total. The molecule has 3 heterocycles. The summed E-state index contributed by atoms with van der Waals surface area (Å²) in [7, 11) is 0. The van der Waals surface area contributed by atoms with Crippen LogP contribution in [0.5, 0.6) is 0 Å². The van der Waals surface area contributed by atoms with Gasteiger partial charge < -0.3 is 25.6 Å². The summed E-state index contributed by atoms with van der Waals surface area (Å²) in [5.74, 6) is 0.581. The predicted octanol–water partition coefficient (Wildman–Crippen LogP) is 2.15. The Bertz CT molecular complexity index is 814. The van der Waals surface area contributed by atoms with Gasteiger partial charge in [-0.05, 0) is 43.5 Å². The van der Waals surface area contributed by atoms with Gasteiger partial charge in [0.15, 0.2) is 11.5 Å². The zero-order valence-corrected chi connectivity index (χ0v) is 15.9. The average molecular weight is 382 g/mol. The first-order valence-corrected chi connectivity index (χ1v) is 9.82. The first kappa shape index (κ1) is 18.5. The molecule has 8 heteroatoms. The number of carbonyl (C=O) groups is 1. The van der Waals surface area contributed by atoms with Gasteiger partial charge in [-0.25, -0.2) is 9.97 Å². The quantitative estimate of drug-likeness (QED) is 0.818. The van der Waals surface area contributed by atoms with Gasteiger partial charge in [0.2, 0.25) is 0 Å². The Balaban J connectivity index is 1.54. The number of nitrogens with two attached hydrogens (primary N) is 1. The van der Waals surface area contributed by atoms with Crippen molar-refractivity contribution in [3.63, 3.8) is 0 Å². The minimum Gasteiger partial charge on any atom is -0.378 e. The maximum absolute atomic E-state index is 11.8. The summed E-state index contributed by atoms with van der Waals surface area (Å²) in [5.41, 5.74) is 7.64. The standard InChI is InChI=1S/C20H26N6O2/c21-19(27)18-20(24-17(14-22-18)26-8-2-1-3-9-26)23-15-4-6-16(7-5-15)25-10-12-28-13-11-25/h4-7,14H,1-3,8-13H2,(H2,21,27)(H,23,24). The lowest BCUT2D eigenvalue weighted by atomic mass is 10.1. The van der Waals surface area contributed by atoms with Crippen molar-refractivity contribution in [1.82, 2.24) is 9.97 Å². The van der Waals surface area contributed by atoms with Crippen molar-refractivity contribution in [3.8, 4) is 0 Å². The lowest BCUT2D eigenvalue weighted by Gasteiger charge is -2.29. The molecule has 0 saturated carbocycles. The molecule has 0 atom stereocenters. The minimum atomic E-state index is -0.592. The van der Waals surface area contributed by atoms with Crippen LogP contribution in [0.15, 0.2) is 30.5 Å². The number of anilines is 4. The lowest BCUT2D eigenvalue weighted by molar-refractivity contribution is 0.0996. The highest BCUT2D eigenvalue weighted by atomic mass is 16.5. The Hall–Kier alpha value is -2.87. The van der Waals surface area contributed by atoms with Gasteiger partial charge >= 0.3 is 0 Å². The van der Waals surface area contributed by atoms with Crippen LogP contribution < -0.4 is 20.9 Å². The first-order valence-electron chi connectivity index (χ1n) is 9.82. The van der Waals surface area contributed by atoms with Gasteiger partial charge in [0.25, 0.3) is 5.91 Å². The second-order valence-corrected chi connectivity index (χ2v) is 7.11. The highest BCUT2D eigenvalue weighted by molar-refractivity contribution is 5.96. The zero-order valence-electron chi connectivity index (χ0n) is 15.9. The fourth-order valence-electron chi connectivity index (χ4n) is 3.64. The number of carbonyl (C=O) groups excluding carboxylic acids is 1. The number of nitrogens with one attached hydrogen (secondary N) is 1. The third kappa shape index (κ3) is 4.17. The van der Waals surface area contributed by atoms with Crippen LogP contribution in [-0.2, 0) is 4.74 Å². The van der Waals surface area contributed by atoms with Gasteiger partial charge in [0.05, 0.1) is 19.4 Å². The van der Waals surface area contributed by atoms with E-state index in [0.29, 0.717) is 5.82 Å². The van der Waals surface area contributed by atoms with Crippen molar-refractivity contribution < 1.29 is 9.53 Å². The van der Waals surface area contributed by atoms with Crippen LogP contribution in [0.25, 0.3) is 0 Å². The summed E-state index contributed by atoms with van der Waals surface area (Å²) in [6, 6.07) is 8.06. The second kappa shape index (κ2) is 8.43. The second-order valence-electron chi connectivity index (χ2n) is 7.11. The van der Waals surface area contributed by atoms with Gasteiger partial charge in [-0.1, -0.05) is 0 Å². The van der Waals surface area contributed by atoms with Gasteiger partial charge in [-0.15, -0.1) is 0 Å². The molecule has 4 rings (SSSR count). The number of ether oxygens (including phenoxy) is 1. The molecule has 2 saturated heterocycles. The van der Waals surface area contributed by atoms with E-state index in [1.807, 2.05) is 12.1 Å². The SMILES string of the molecule is NC(=O)c1ncc(N2CCCCC2)nc1Nc1ccc(N2CCOCC2)cc1. The molecule has 1 aromatic heterocycles. The molecule has 28 heavy (non-hydrogen) atoms. The van der Waals surface area contributed by atoms with E-state index in [9.17, 15) is 4.79 Å². The molecular weight excluding hydrogens is 356 g/mol. The molecule has 0 radical (unpaired) electrons. The molecule has 0 unspecified atom stereocenters. The molecule has 148 valence electrons. The fraction of sp³-hybridized carbons (Fsp3) is 0.450. The van der Waals surface area contributed by atoms with Crippen molar-refractivity contribution in [1.29, 1.82) is 0 Å². The smallest absolute Gasteiger partial charge is 0.271 e. The van der Waals surface area contributed by atoms with Gasteiger partial charge in [-0.3, -0.25) is 4.79 Å². The third-order valence-corrected chi connectivity index (χ3v) is 5.18. The number of benzene rings is 1. The predicted molar refractivity (Wildman–Crippen MR) is 109 cm³/mol. The van der Waals surface area contributed by atoms with Crippen LogP contribution in [0.4, 0.5) is 23.0 Å². The van der Waals surface area contributed by atoms with E-state index < -0.39 is 5.91 Å². The molecule has 2 fully saturated rings. The van der Waals surface area contributed by atoms with Crippen LogP contribution in [-0.4, -0.2) is 55.3 Å². The molecule has 2 aromatic rings. The molecule has 1 amide bonds. The Morgan fingerprint density at radius 1 is 1.00 bits per heavy atom. The molecule has 3 N–H and O–H groups in total. The van der Waals surface area contributed by atoms with Crippen molar-refractivity contribution in [2.24, 2.45) is 5.73 Å². The fourth-order valence-corrected chi connectivity index (χ4v) is 3.64. The van der Waals surface area contributed by atoms with E-state index in [1.165, 1.54) is 6.42 Å². The van der Waals surface area contributed by atoms with Crippen LogP contribution in [0, 0.1) is 0 Å². The van der Waals surface area contributed by atoms with E-state index >= 15 is 0 Å². The molecule has 2 aliphatic rings. The van der Waals surface area contributed by atoms with Crippen LogP contribution >= 0.6 is 0 Å². The van der Waals surface area contributed by atoms with Crippen LogP contribution in [0.2, 0.25) is 0 Å². The van der Waals surface area contributed by atoms with Crippen molar-refractivity contribution >= 4 is 28.9 Å². The number of aromatic nitrogens is 2. The van der Waals surface area contributed by atoms with Gasteiger partial charge in [-0.2, -0.15) is 0 Å². The largest absolute Gasteiger partial charge is 0.378 e. The zero-order chi connectivity index (χ0) is 19.3. The maximum atomic E-state index is 11.8. The minimum absolute atomic E-state index is 0.151. The number of nitrogens with zero attached hydrogens (tertiary/aromatic N) is 4. The van der Waals surface area contributed by atoms with Crippen LogP contribution in [0.3, 0.4) is 0 Å². The molecule has 0 bridgehead atoms. The summed E-state index contributed by atoms with van der Waals surface area (Å²) in [6.07, 6.45) is 5.16. The Kier molecular flexibility index (Phi) is 5.57. The Morgan fingerprint density at radius 3 is 2.39 bits per heavy atom. The number of rotatable bonds is 5. The molecule has 2 aliphatic heterocycles. The Labute approximate surface area is 164 Å². The topological polar surface area (TPSA) is 96.6 Å². The first-order chi connectivity index (χ1) is 13.7. The van der Waals surface area contributed by atoms with E-state index in [2.05, 4.69) is 37.2 Å². The summed E-state index contributed by atoms with van der Waals surface area (Å²) in [5, 5.41) is 3.22. The lowest BCUT2D eigenvalue weighted by Crippen LogP contribution is -2.36. The van der Waals surface area contributed by atoms with E-state index in [-0.39, 0.29) is 5.69 Å². The summed E-state index contributed by atoms with van der Waals surface area (Å²) in [6.45, 7) is 5.20. The average Bonchev–Trinajstić information content (AvgIpc) is 2.75. The van der Waals surface area contributed by atoms with Crippen molar-refractivity contribution in [2.75, 3.05) is 54.5 Å². The number of hydrogen-bond donors (Lipinski definition) is 2. The third-order valence-electron chi connectivity index (χ3n) is 5.18. The van der Waals surface area contributed by atoms with Gasteiger partial charge in [0, 0.05) is 37.6 Å². The summed E-state index contributed by atoms with van der Waals surface area (Å²) >= 11 is 0. The molecule has 1 aromatic carbocycles. The number of hydrogen-bond acceptors (Lipinski definition) is 7. The van der Waals surface area contributed by atoms with E-state index in [0.717, 1.165) is 69.4 Å². The van der Waals surface area contributed by atoms with Crippen molar-refractivity contribution in [2.45, 2.75) is 19.3 Å². The summed E-state index contributed by atoms with van der Waals surface area (Å²) in [4.78, 5) is 25.2. The van der Waals surface area contributed by atoms with E-state index in [1.54, 1.807) is 6.20 Å². The molecule has 0 spiro atoms. The monoisotopic (exact) mass is 382 g/mol. The Morgan fingerprint density at radius 2 is 1.71 bits per heavy atom. The number of amides is 1. The van der Waals surface area contributed by atoms with Gasteiger partial charge in [0.1, 0.15) is 5.82 Å².